The van der Waals surface area contributed by atoms with Crippen molar-refractivity contribution in [3.63, 3.8) is 0 Å². The molecule has 0 aliphatic rings. The molecule has 0 heterocycles. The number of carboxylic acid groups (broad SMARTS) is 1. The maximum atomic E-state index is 11.3. The van der Waals surface area contributed by atoms with Crippen LogP contribution in [0, 0.1) is 0 Å². The third-order valence-electron chi connectivity index (χ3n) is 2.26. The van der Waals surface area contributed by atoms with E-state index in [1.165, 1.54) is 0 Å². The number of carbonyl (C=O) groups excluding carboxylic acids is 1. The fraction of sp³-hybridized carbons (Fsp3) is 0.333. The minimum absolute atomic E-state index is 0.103. The number of amides is 1. The van der Waals surface area contributed by atoms with Crippen molar-refractivity contribution in [2.24, 2.45) is 5.73 Å². The normalized spacial score (nSPS) is 11.9. The van der Waals surface area contributed by atoms with Gasteiger partial charge in [-0.05, 0) is 31.0 Å². The number of nitrogens with one attached hydrogen (secondary N) is 1. The van der Waals surface area contributed by atoms with Gasteiger partial charge < -0.3 is 16.2 Å². The summed E-state index contributed by atoms with van der Waals surface area (Å²) in [5.74, 6) is -1.07. The summed E-state index contributed by atoms with van der Waals surface area (Å²) in [6, 6.07) is 6.50. The van der Waals surface area contributed by atoms with Crippen molar-refractivity contribution in [2.75, 3.05) is 5.32 Å². The van der Waals surface area contributed by atoms with E-state index in [9.17, 15) is 9.59 Å². The van der Waals surface area contributed by atoms with E-state index in [1.807, 2.05) is 0 Å². The van der Waals surface area contributed by atoms with E-state index in [2.05, 4.69) is 5.32 Å². The maximum Gasteiger partial charge on any atom is 0.303 e. The molecule has 0 fully saturated rings. The molecule has 0 saturated heterocycles. The molecular formula is C12H16N2O3. The Morgan fingerprint density at radius 2 is 1.94 bits per heavy atom. The highest BCUT2D eigenvalue weighted by molar-refractivity contribution is 5.94. The van der Waals surface area contributed by atoms with Crippen molar-refractivity contribution in [1.82, 2.24) is 0 Å². The van der Waals surface area contributed by atoms with Crippen LogP contribution in [-0.4, -0.2) is 23.0 Å². The lowest BCUT2D eigenvalue weighted by atomic mass is 10.1. The van der Waals surface area contributed by atoms with Gasteiger partial charge in [0.1, 0.15) is 0 Å². The maximum absolute atomic E-state index is 11.3. The Labute approximate surface area is 99.6 Å². The van der Waals surface area contributed by atoms with E-state index in [-0.39, 0.29) is 12.3 Å². The van der Waals surface area contributed by atoms with Gasteiger partial charge in [0.25, 0.3) is 0 Å². The summed E-state index contributed by atoms with van der Waals surface area (Å²) in [6.07, 6.45) is 0.586. The van der Waals surface area contributed by atoms with Crippen LogP contribution in [0.2, 0.25) is 0 Å². The summed E-state index contributed by atoms with van der Waals surface area (Å²) in [4.78, 5) is 21.7. The largest absolute Gasteiger partial charge is 0.481 e. The summed E-state index contributed by atoms with van der Waals surface area (Å²) in [6.45, 7) is 1.61. The smallest absolute Gasteiger partial charge is 0.303 e. The molecule has 92 valence electrons. The zero-order valence-electron chi connectivity index (χ0n) is 9.64. The lowest BCUT2D eigenvalue weighted by Gasteiger charge is -2.08. The van der Waals surface area contributed by atoms with Gasteiger partial charge in [0.15, 0.2) is 0 Å². The highest BCUT2D eigenvalue weighted by atomic mass is 16.4. The van der Waals surface area contributed by atoms with Crippen LogP contribution in [-0.2, 0) is 16.0 Å². The fourth-order valence-electron chi connectivity index (χ4n) is 1.26. The lowest BCUT2D eigenvalue weighted by Crippen LogP contribution is -2.32. The van der Waals surface area contributed by atoms with Gasteiger partial charge in [-0.3, -0.25) is 9.59 Å². The molecular weight excluding hydrogens is 220 g/mol. The summed E-state index contributed by atoms with van der Waals surface area (Å²) in [5.41, 5.74) is 7.00. The third-order valence-corrected chi connectivity index (χ3v) is 2.26. The zero-order chi connectivity index (χ0) is 12.8. The SMILES string of the molecule is CC(N)C(=O)Nc1ccc(CCC(=O)O)cc1. The second kappa shape index (κ2) is 6.00. The number of hydrogen-bond acceptors (Lipinski definition) is 3. The first-order valence-electron chi connectivity index (χ1n) is 5.36. The summed E-state index contributed by atoms with van der Waals surface area (Å²) >= 11 is 0. The van der Waals surface area contributed by atoms with E-state index in [0.717, 1.165) is 5.56 Å². The van der Waals surface area contributed by atoms with E-state index in [0.29, 0.717) is 12.1 Å². The number of rotatable bonds is 5. The Bertz CT molecular complexity index is 399. The molecule has 4 N–H and O–H groups in total. The highest BCUT2D eigenvalue weighted by Crippen LogP contribution is 2.11. The lowest BCUT2D eigenvalue weighted by molar-refractivity contribution is -0.137. The molecule has 0 saturated carbocycles. The van der Waals surface area contributed by atoms with Crippen LogP contribution in [0.15, 0.2) is 24.3 Å². The first kappa shape index (κ1) is 13.2. The Kier molecular flexibility index (Phi) is 4.66. The van der Waals surface area contributed by atoms with Gasteiger partial charge in [0.2, 0.25) is 5.91 Å². The molecule has 1 amide bonds. The summed E-state index contributed by atoms with van der Waals surface area (Å²) in [5, 5.41) is 11.2. The quantitative estimate of drug-likeness (QED) is 0.710. The number of aliphatic carboxylic acids is 1. The Morgan fingerprint density at radius 3 is 2.41 bits per heavy atom. The fourth-order valence-corrected chi connectivity index (χ4v) is 1.26. The number of benzene rings is 1. The van der Waals surface area contributed by atoms with Crippen molar-refractivity contribution >= 4 is 17.6 Å². The molecule has 1 rings (SSSR count). The van der Waals surface area contributed by atoms with Crippen LogP contribution < -0.4 is 11.1 Å². The topological polar surface area (TPSA) is 92.4 Å². The average molecular weight is 236 g/mol. The van der Waals surface area contributed by atoms with Crippen LogP contribution in [0.1, 0.15) is 18.9 Å². The third kappa shape index (κ3) is 4.65. The molecule has 0 bridgehead atoms. The molecule has 5 heteroatoms. The molecule has 0 aromatic heterocycles. The van der Waals surface area contributed by atoms with Crippen LogP contribution in [0.3, 0.4) is 0 Å². The zero-order valence-corrected chi connectivity index (χ0v) is 9.64. The minimum Gasteiger partial charge on any atom is -0.481 e. The van der Waals surface area contributed by atoms with Gasteiger partial charge >= 0.3 is 5.97 Å². The van der Waals surface area contributed by atoms with E-state index in [4.69, 9.17) is 10.8 Å². The molecule has 17 heavy (non-hydrogen) atoms. The van der Waals surface area contributed by atoms with E-state index in [1.54, 1.807) is 31.2 Å². The molecule has 0 spiro atoms. The molecule has 1 aromatic carbocycles. The van der Waals surface area contributed by atoms with Crippen molar-refractivity contribution in [3.05, 3.63) is 29.8 Å². The minimum atomic E-state index is -0.820. The van der Waals surface area contributed by atoms with Crippen molar-refractivity contribution in [2.45, 2.75) is 25.8 Å². The van der Waals surface area contributed by atoms with E-state index < -0.39 is 12.0 Å². The molecule has 1 unspecified atom stereocenters. The molecule has 0 radical (unpaired) electrons. The first-order valence-corrected chi connectivity index (χ1v) is 5.36. The van der Waals surface area contributed by atoms with Crippen molar-refractivity contribution in [1.29, 1.82) is 0 Å². The van der Waals surface area contributed by atoms with Gasteiger partial charge in [0, 0.05) is 12.1 Å². The number of anilines is 1. The summed E-state index contributed by atoms with van der Waals surface area (Å²) in [7, 11) is 0. The van der Waals surface area contributed by atoms with Crippen LogP contribution in [0.5, 0.6) is 0 Å². The molecule has 0 aliphatic heterocycles. The molecule has 1 aromatic rings. The Hall–Kier alpha value is -1.88. The molecule has 5 nitrogen and oxygen atoms in total. The van der Waals surface area contributed by atoms with Crippen LogP contribution in [0.25, 0.3) is 0 Å². The standard InChI is InChI=1S/C12H16N2O3/c1-8(13)12(17)14-10-5-2-9(3-6-10)4-7-11(15)16/h2-3,5-6,8H,4,7,13H2,1H3,(H,14,17)(H,15,16). The van der Waals surface area contributed by atoms with Gasteiger partial charge in [-0.25, -0.2) is 0 Å². The second-order valence-corrected chi connectivity index (χ2v) is 3.87. The monoisotopic (exact) mass is 236 g/mol. The predicted molar refractivity (Wildman–Crippen MR) is 64.7 cm³/mol. The average Bonchev–Trinajstić information content (AvgIpc) is 2.28. The predicted octanol–water partition coefficient (Wildman–Crippen LogP) is 0.989. The first-order chi connectivity index (χ1) is 7.99. The number of nitrogens with two attached hydrogens (primary N) is 1. The number of carbonyl (C=O) groups is 2. The Morgan fingerprint density at radius 1 is 1.35 bits per heavy atom. The van der Waals surface area contributed by atoms with Crippen molar-refractivity contribution < 1.29 is 14.7 Å². The number of aryl methyl sites for hydroxylation is 1. The second-order valence-electron chi connectivity index (χ2n) is 3.87. The van der Waals surface area contributed by atoms with Crippen LogP contribution in [0.4, 0.5) is 5.69 Å². The Balaban J connectivity index is 2.56. The highest BCUT2D eigenvalue weighted by Gasteiger charge is 2.07. The van der Waals surface area contributed by atoms with Gasteiger partial charge in [-0.15, -0.1) is 0 Å². The summed E-state index contributed by atoms with van der Waals surface area (Å²) < 4.78 is 0. The van der Waals surface area contributed by atoms with Gasteiger partial charge in [-0.1, -0.05) is 12.1 Å². The van der Waals surface area contributed by atoms with Gasteiger partial charge in [0.05, 0.1) is 6.04 Å². The molecule has 0 aliphatic carbocycles. The van der Waals surface area contributed by atoms with Crippen LogP contribution >= 0.6 is 0 Å². The van der Waals surface area contributed by atoms with E-state index >= 15 is 0 Å². The number of carboxylic acids is 1. The number of hydrogen-bond donors (Lipinski definition) is 3. The van der Waals surface area contributed by atoms with Crippen molar-refractivity contribution in [3.8, 4) is 0 Å². The molecule has 1 atom stereocenters. The van der Waals surface area contributed by atoms with Gasteiger partial charge in [-0.2, -0.15) is 0 Å².